The Hall–Kier alpha value is -0.610. The highest BCUT2D eigenvalue weighted by Crippen LogP contribution is 2.21. The molecule has 0 aliphatic carbocycles. The van der Waals surface area contributed by atoms with Gasteiger partial charge in [0.25, 0.3) is 0 Å². The molecule has 0 aromatic rings. The smallest absolute Gasteiger partial charge is 0.236 e. The van der Waals surface area contributed by atoms with Crippen molar-refractivity contribution in [2.75, 3.05) is 32.7 Å². The minimum atomic E-state index is 0.319. The Bertz CT molecular complexity index is 311. The highest BCUT2D eigenvalue weighted by Gasteiger charge is 2.29. The zero-order valence-corrected chi connectivity index (χ0v) is 12.9. The van der Waals surface area contributed by atoms with Crippen LogP contribution < -0.4 is 5.32 Å². The van der Waals surface area contributed by atoms with Gasteiger partial charge in [0.15, 0.2) is 0 Å². The van der Waals surface area contributed by atoms with Crippen LogP contribution in [0.4, 0.5) is 0 Å². The number of piperazine rings is 1. The molecule has 4 atom stereocenters. The molecule has 0 aromatic carbocycles. The lowest BCUT2D eigenvalue weighted by Gasteiger charge is -2.40. The van der Waals surface area contributed by atoms with Crippen LogP contribution in [0.25, 0.3) is 0 Å². The first kappa shape index (κ1) is 14.8. The van der Waals surface area contributed by atoms with Gasteiger partial charge in [-0.1, -0.05) is 13.8 Å². The van der Waals surface area contributed by atoms with Crippen molar-refractivity contribution < 1.29 is 4.79 Å². The fourth-order valence-electron chi connectivity index (χ4n) is 3.46. The van der Waals surface area contributed by atoms with Gasteiger partial charge in [-0.2, -0.15) is 0 Å². The molecular formula is C15H29N3O. The van der Waals surface area contributed by atoms with E-state index in [4.69, 9.17) is 0 Å². The minimum Gasteiger partial charge on any atom is -0.341 e. The first-order valence-corrected chi connectivity index (χ1v) is 7.71. The van der Waals surface area contributed by atoms with E-state index in [0.717, 1.165) is 26.2 Å². The molecule has 4 nitrogen and oxygen atoms in total. The van der Waals surface area contributed by atoms with Gasteiger partial charge in [-0.05, 0) is 32.1 Å². The van der Waals surface area contributed by atoms with Gasteiger partial charge in [0.2, 0.25) is 5.91 Å². The lowest BCUT2D eigenvalue weighted by Crippen LogP contribution is -2.57. The Morgan fingerprint density at radius 1 is 1.11 bits per heavy atom. The molecule has 0 spiro atoms. The van der Waals surface area contributed by atoms with E-state index >= 15 is 0 Å². The Morgan fingerprint density at radius 2 is 1.74 bits per heavy atom. The van der Waals surface area contributed by atoms with Gasteiger partial charge < -0.3 is 10.2 Å². The van der Waals surface area contributed by atoms with Crippen LogP contribution in [0, 0.1) is 11.8 Å². The van der Waals surface area contributed by atoms with Crippen molar-refractivity contribution in [1.82, 2.24) is 15.1 Å². The number of piperidine rings is 1. The van der Waals surface area contributed by atoms with Crippen molar-refractivity contribution in [1.29, 1.82) is 0 Å². The summed E-state index contributed by atoms with van der Waals surface area (Å²) in [5.41, 5.74) is 0. The topological polar surface area (TPSA) is 35.6 Å². The third kappa shape index (κ3) is 3.93. The molecule has 0 aromatic heterocycles. The van der Waals surface area contributed by atoms with Crippen molar-refractivity contribution in [3.05, 3.63) is 0 Å². The Labute approximate surface area is 117 Å². The van der Waals surface area contributed by atoms with Crippen molar-refractivity contribution in [3.8, 4) is 0 Å². The summed E-state index contributed by atoms with van der Waals surface area (Å²) < 4.78 is 0. The second-order valence-corrected chi connectivity index (χ2v) is 6.83. The molecule has 2 aliphatic heterocycles. The number of carbonyl (C=O) groups is 1. The lowest BCUT2D eigenvalue weighted by atomic mass is 9.92. The second-order valence-electron chi connectivity index (χ2n) is 6.83. The minimum absolute atomic E-state index is 0.319. The van der Waals surface area contributed by atoms with Gasteiger partial charge >= 0.3 is 0 Å². The van der Waals surface area contributed by atoms with Crippen LogP contribution >= 0.6 is 0 Å². The molecule has 4 unspecified atom stereocenters. The normalized spacial score (nSPS) is 37.4. The number of carbonyl (C=O) groups excluding carboxylic acids is 1. The largest absolute Gasteiger partial charge is 0.341 e. The van der Waals surface area contributed by atoms with Crippen molar-refractivity contribution in [3.63, 3.8) is 0 Å². The Balaban J connectivity index is 1.89. The summed E-state index contributed by atoms with van der Waals surface area (Å²) in [5.74, 6) is 1.61. The second kappa shape index (κ2) is 6.23. The average molecular weight is 267 g/mol. The van der Waals surface area contributed by atoms with E-state index in [1.165, 1.54) is 6.42 Å². The van der Waals surface area contributed by atoms with Gasteiger partial charge in [0.05, 0.1) is 6.54 Å². The van der Waals surface area contributed by atoms with Crippen molar-refractivity contribution >= 4 is 5.91 Å². The van der Waals surface area contributed by atoms with Crippen LogP contribution in [0.3, 0.4) is 0 Å². The van der Waals surface area contributed by atoms with Crippen LogP contribution in [-0.4, -0.2) is 60.5 Å². The molecule has 2 aliphatic rings. The van der Waals surface area contributed by atoms with Gasteiger partial charge in [0, 0.05) is 38.3 Å². The zero-order valence-electron chi connectivity index (χ0n) is 12.9. The molecule has 1 amide bonds. The Kier molecular flexibility index (Phi) is 4.85. The van der Waals surface area contributed by atoms with E-state index in [1.54, 1.807) is 0 Å². The van der Waals surface area contributed by atoms with Crippen molar-refractivity contribution in [2.24, 2.45) is 11.8 Å². The summed E-state index contributed by atoms with van der Waals surface area (Å²) in [6.07, 6.45) is 1.25. The fourth-order valence-corrected chi connectivity index (χ4v) is 3.46. The summed E-state index contributed by atoms with van der Waals surface area (Å²) in [7, 11) is 0. The van der Waals surface area contributed by atoms with Crippen LogP contribution in [0.15, 0.2) is 0 Å². The lowest BCUT2D eigenvalue weighted by molar-refractivity contribution is -0.136. The monoisotopic (exact) mass is 267 g/mol. The summed E-state index contributed by atoms with van der Waals surface area (Å²) in [6.45, 7) is 13.3. The molecule has 0 saturated carbocycles. The summed E-state index contributed by atoms with van der Waals surface area (Å²) >= 11 is 0. The average Bonchev–Trinajstić information content (AvgIpc) is 2.32. The van der Waals surface area contributed by atoms with E-state index < -0.39 is 0 Å². The van der Waals surface area contributed by atoms with Gasteiger partial charge in [-0.25, -0.2) is 0 Å². The standard InChI is InChI=1S/C15H29N3O/c1-11-5-12(2)8-18(7-11)15(19)10-17-9-13(3)16-6-14(17)4/h11-14,16H,5-10H2,1-4H3. The van der Waals surface area contributed by atoms with Crippen LogP contribution in [0.2, 0.25) is 0 Å². The summed E-state index contributed by atoms with van der Waals surface area (Å²) in [5, 5.41) is 3.46. The first-order valence-electron chi connectivity index (χ1n) is 7.71. The number of nitrogens with zero attached hydrogens (tertiary/aromatic N) is 2. The predicted octanol–water partition coefficient (Wildman–Crippen LogP) is 1.17. The van der Waals surface area contributed by atoms with E-state index in [0.29, 0.717) is 36.4 Å². The zero-order chi connectivity index (χ0) is 14.0. The van der Waals surface area contributed by atoms with Gasteiger partial charge in [-0.15, -0.1) is 0 Å². The molecule has 2 heterocycles. The number of rotatable bonds is 2. The van der Waals surface area contributed by atoms with Crippen LogP contribution in [0.5, 0.6) is 0 Å². The Morgan fingerprint density at radius 3 is 2.37 bits per heavy atom. The molecule has 110 valence electrons. The molecule has 4 heteroatoms. The van der Waals surface area contributed by atoms with E-state index in [9.17, 15) is 4.79 Å². The number of hydrogen-bond acceptors (Lipinski definition) is 3. The summed E-state index contributed by atoms with van der Waals surface area (Å²) in [4.78, 5) is 16.9. The maximum atomic E-state index is 12.5. The number of amides is 1. The third-order valence-corrected chi connectivity index (χ3v) is 4.45. The van der Waals surface area contributed by atoms with Crippen LogP contribution in [0.1, 0.15) is 34.1 Å². The summed E-state index contributed by atoms with van der Waals surface area (Å²) in [6, 6.07) is 0.947. The highest BCUT2D eigenvalue weighted by atomic mass is 16.2. The molecular weight excluding hydrogens is 238 g/mol. The quantitative estimate of drug-likeness (QED) is 0.816. The maximum absolute atomic E-state index is 12.5. The van der Waals surface area contributed by atoms with E-state index in [2.05, 4.69) is 42.8 Å². The van der Waals surface area contributed by atoms with E-state index in [-0.39, 0.29) is 0 Å². The SMILES string of the molecule is CC1CC(C)CN(C(=O)CN2CC(C)NCC2C)C1. The molecule has 2 fully saturated rings. The number of nitrogens with one attached hydrogen (secondary N) is 1. The number of likely N-dealkylation sites (tertiary alicyclic amines) is 1. The molecule has 2 rings (SSSR count). The first-order chi connectivity index (χ1) is 8.95. The predicted molar refractivity (Wildman–Crippen MR) is 78.0 cm³/mol. The molecule has 2 saturated heterocycles. The fraction of sp³-hybridized carbons (Fsp3) is 0.933. The van der Waals surface area contributed by atoms with E-state index in [1.807, 2.05) is 0 Å². The van der Waals surface area contributed by atoms with Gasteiger partial charge in [0.1, 0.15) is 0 Å². The highest BCUT2D eigenvalue weighted by molar-refractivity contribution is 5.78. The maximum Gasteiger partial charge on any atom is 0.236 e. The molecule has 0 bridgehead atoms. The van der Waals surface area contributed by atoms with Crippen molar-refractivity contribution in [2.45, 2.75) is 46.2 Å². The molecule has 19 heavy (non-hydrogen) atoms. The van der Waals surface area contributed by atoms with Crippen LogP contribution in [-0.2, 0) is 4.79 Å². The third-order valence-electron chi connectivity index (χ3n) is 4.45. The number of hydrogen-bond donors (Lipinski definition) is 1. The molecule has 0 radical (unpaired) electrons. The van der Waals surface area contributed by atoms with Gasteiger partial charge in [-0.3, -0.25) is 9.69 Å². The molecule has 1 N–H and O–H groups in total.